The number of nitrogens with zero attached hydrogens (tertiary/aromatic N) is 3. The van der Waals surface area contributed by atoms with E-state index >= 15 is 0 Å². The number of benzene rings is 1. The number of halogens is 1. The molecule has 3 aromatic rings. The van der Waals surface area contributed by atoms with E-state index in [1.54, 1.807) is 12.3 Å². The maximum Gasteiger partial charge on any atom is 0.237 e. The molecule has 1 aliphatic rings. The van der Waals surface area contributed by atoms with E-state index in [1.807, 2.05) is 24.3 Å². The quantitative estimate of drug-likeness (QED) is 0.664. The molecule has 0 spiro atoms. The summed E-state index contributed by atoms with van der Waals surface area (Å²) in [6, 6.07) is 9.19. The molecule has 0 saturated heterocycles. The first-order valence-electron chi connectivity index (χ1n) is 6.75. The van der Waals surface area contributed by atoms with Gasteiger partial charge in [-0.3, -0.25) is 0 Å². The third-order valence-corrected chi connectivity index (χ3v) is 4.29. The summed E-state index contributed by atoms with van der Waals surface area (Å²) < 4.78 is 15.9. The highest BCUT2D eigenvalue weighted by atomic mass is 35.5. The minimum atomic E-state index is 0.237. The van der Waals surface area contributed by atoms with E-state index in [2.05, 4.69) is 15.1 Å². The van der Waals surface area contributed by atoms with Gasteiger partial charge in [-0.15, -0.1) is 0 Å². The molecule has 1 aliphatic heterocycles. The summed E-state index contributed by atoms with van der Waals surface area (Å²) in [5.41, 5.74) is 0.818. The van der Waals surface area contributed by atoms with Gasteiger partial charge >= 0.3 is 0 Å². The minimum absolute atomic E-state index is 0.237. The summed E-state index contributed by atoms with van der Waals surface area (Å²) in [4.78, 5) is 8.60. The molecule has 1 aromatic carbocycles. The van der Waals surface area contributed by atoms with Gasteiger partial charge in [-0.05, 0) is 30.3 Å². The van der Waals surface area contributed by atoms with Crippen LogP contribution < -0.4 is 9.47 Å². The van der Waals surface area contributed by atoms with Gasteiger partial charge in [-0.1, -0.05) is 28.5 Å². The van der Waals surface area contributed by atoms with Crippen LogP contribution in [-0.4, -0.2) is 21.9 Å². The molecule has 6 nitrogen and oxygen atoms in total. The van der Waals surface area contributed by atoms with E-state index in [-0.39, 0.29) is 6.79 Å². The van der Waals surface area contributed by atoms with Crippen LogP contribution >= 0.6 is 23.4 Å². The van der Waals surface area contributed by atoms with Crippen LogP contribution in [-0.2, 0) is 5.75 Å². The third-order valence-electron chi connectivity index (χ3n) is 3.14. The molecule has 8 heteroatoms. The van der Waals surface area contributed by atoms with Gasteiger partial charge in [-0.2, -0.15) is 4.98 Å². The van der Waals surface area contributed by atoms with Crippen LogP contribution in [0.15, 0.2) is 46.1 Å². The number of hydrogen-bond acceptors (Lipinski definition) is 7. The van der Waals surface area contributed by atoms with E-state index in [1.165, 1.54) is 11.8 Å². The van der Waals surface area contributed by atoms with Gasteiger partial charge in [0, 0.05) is 11.8 Å². The highest BCUT2D eigenvalue weighted by molar-refractivity contribution is 7.98. The molecule has 0 N–H and O–H groups in total. The molecule has 0 bridgehead atoms. The summed E-state index contributed by atoms with van der Waals surface area (Å²) in [5, 5.41) is 5.45. The third kappa shape index (κ3) is 3.11. The van der Waals surface area contributed by atoms with Gasteiger partial charge in [0.1, 0.15) is 0 Å². The fraction of sp³-hybridized carbons (Fsp3) is 0.133. The highest BCUT2D eigenvalue weighted by Crippen LogP contribution is 2.35. The maximum absolute atomic E-state index is 5.81. The van der Waals surface area contributed by atoms with Gasteiger partial charge < -0.3 is 14.0 Å². The second kappa shape index (κ2) is 6.10. The zero-order chi connectivity index (χ0) is 15.6. The summed E-state index contributed by atoms with van der Waals surface area (Å²) in [6.45, 7) is 0.237. The van der Waals surface area contributed by atoms with Crippen LogP contribution in [0.1, 0.15) is 5.89 Å². The van der Waals surface area contributed by atoms with Crippen LogP contribution in [0.25, 0.3) is 11.4 Å². The average molecular weight is 348 g/mol. The lowest BCUT2D eigenvalue weighted by atomic mass is 10.2. The molecule has 23 heavy (non-hydrogen) atoms. The first-order valence-corrected chi connectivity index (χ1v) is 8.11. The molecule has 0 saturated carbocycles. The molecule has 0 aliphatic carbocycles. The fourth-order valence-electron chi connectivity index (χ4n) is 2.05. The summed E-state index contributed by atoms with van der Waals surface area (Å²) >= 11 is 7.31. The Kier molecular flexibility index (Phi) is 3.80. The lowest BCUT2D eigenvalue weighted by Gasteiger charge is -1.98. The molecular weight excluding hydrogens is 338 g/mol. The standard InChI is InChI=1S/C15H10ClN3O3S/c16-10-2-4-14(17-6-10)23-7-13-18-15(19-22-13)9-1-3-11-12(5-9)21-8-20-11/h1-6H,7-8H2. The molecule has 0 atom stereocenters. The Morgan fingerprint density at radius 2 is 2.04 bits per heavy atom. The maximum atomic E-state index is 5.81. The number of thioether (sulfide) groups is 1. The molecule has 0 radical (unpaired) electrons. The zero-order valence-corrected chi connectivity index (χ0v) is 13.3. The Hall–Kier alpha value is -2.25. The normalized spacial score (nSPS) is 12.6. The van der Waals surface area contributed by atoms with Crippen LogP contribution in [0.5, 0.6) is 11.5 Å². The topological polar surface area (TPSA) is 70.3 Å². The van der Waals surface area contributed by atoms with Crippen molar-refractivity contribution < 1.29 is 14.0 Å². The van der Waals surface area contributed by atoms with Crippen LogP contribution in [0.2, 0.25) is 5.02 Å². The van der Waals surface area contributed by atoms with Crippen molar-refractivity contribution in [1.29, 1.82) is 0 Å². The molecule has 2 aromatic heterocycles. The van der Waals surface area contributed by atoms with Gasteiger partial charge in [-0.25, -0.2) is 4.98 Å². The smallest absolute Gasteiger partial charge is 0.237 e. The van der Waals surface area contributed by atoms with Crippen LogP contribution in [0.3, 0.4) is 0 Å². The lowest BCUT2D eigenvalue weighted by Crippen LogP contribution is -1.92. The highest BCUT2D eigenvalue weighted by Gasteiger charge is 2.16. The van der Waals surface area contributed by atoms with Crippen molar-refractivity contribution in [2.24, 2.45) is 0 Å². The van der Waals surface area contributed by atoms with Gasteiger partial charge in [0.05, 0.1) is 15.8 Å². The van der Waals surface area contributed by atoms with Crippen molar-refractivity contribution in [3.05, 3.63) is 47.4 Å². The van der Waals surface area contributed by atoms with E-state index in [0.717, 1.165) is 16.3 Å². The first-order chi connectivity index (χ1) is 11.3. The second-order valence-electron chi connectivity index (χ2n) is 4.68. The zero-order valence-electron chi connectivity index (χ0n) is 11.7. The second-order valence-corrected chi connectivity index (χ2v) is 6.12. The molecule has 0 unspecified atom stereocenters. The fourth-order valence-corrected chi connectivity index (χ4v) is 2.84. The molecule has 0 fully saturated rings. The Morgan fingerprint density at radius 3 is 2.91 bits per heavy atom. The average Bonchev–Trinajstić information content (AvgIpc) is 3.22. The first kappa shape index (κ1) is 14.3. The van der Waals surface area contributed by atoms with Crippen molar-refractivity contribution >= 4 is 23.4 Å². The minimum Gasteiger partial charge on any atom is -0.454 e. The summed E-state index contributed by atoms with van der Waals surface area (Å²) in [6.07, 6.45) is 1.61. The number of hydrogen-bond donors (Lipinski definition) is 0. The molecular formula is C15H10ClN3O3S. The largest absolute Gasteiger partial charge is 0.454 e. The molecule has 3 heterocycles. The predicted octanol–water partition coefficient (Wildman–Crippen LogP) is 3.81. The van der Waals surface area contributed by atoms with E-state index in [9.17, 15) is 0 Å². The van der Waals surface area contributed by atoms with Crippen LogP contribution in [0, 0.1) is 0 Å². The van der Waals surface area contributed by atoms with Crippen LogP contribution in [0.4, 0.5) is 0 Å². The van der Waals surface area contributed by atoms with Crippen molar-refractivity contribution in [2.45, 2.75) is 10.8 Å². The van der Waals surface area contributed by atoms with Crippen molar-refractivity contribution in [3.8, 4) is 22.9 Å². The van der Waals surface area contributed by atoms with Gasteiger partial charge in [0.25, 0.3) is 0 Å². The molecule has 116 valence electrons. The van der Waals surface area contributed by atoms with E-state index in [0.29, 0.717) is 28.2 Å². The van der Waals surface area contributed by atoms with Crippen molar-refractivity contribution in [2.75, 3.05) is 6.79 Å². The number of aromatic nitrogens is 3. The Balaban J connectivity index is 1.47. The number of pyridine rings is 1. The monoisotopic (exact) mass is 347 g/mol. The number of rotatable bonds is 4. The number of fused-ring (bicyclic) bond motifs is 1. The summed E-state index contributed by atoms with van der Waals surface area (Å²) in [5.74, 6) is 2.99. The Bertz CT molecular complexity index is 838. The molecule has 0 amide bonds. The summed E-state index contributed by atoms with van der Waals surface area (Å²) in [7, 11) is 0. The SMILES string of the molecule is Clc1ccc(SCc2nc(-c3ccc4c(c3)OCO4)no2)nc1. The van der Waals surface area contributed by atoms with E-state index in [4.69, 9.17) is 25.6 Å². The lowest BCUT2D eigenvalue weighted by molar-refractivity contribution is 0.174. The number of ether oxygens (including phenoxy) is 2. The van der Waals surface area contributed by atoms with Gasteiger partial charge in [0.2, 0.25) is 18.5 Å². The van der Waals surface area contributed by atoms with Gasteiger partial charge in [0.15, 0.2) is 11.5 Å². The Labute approximate surface area is 140 Å². The molecule has 4 rings (SSSR count). The van der Waals surface area contributed by atoms with Crippen molar-refractivity contribution in [3.63, 3.8) is 0 Å². The van der Waals surface area contributed by atoms with E-state index < -0.39 is 0 Å². The van der Waals surface area contributed by atoms with Crippen molar-refractivity contribution in [1.82, 2.24) is 15.1 Å². The Morgan fingerprint density at radius 1 is 1.13 bits per heavy atom. The predicted molar refractivity (Wildman–Crippen MR) is 84.7 cm³/mol.